The second kappa shape index (κ2) is 12.7. The number of hydrogen-bond acceptors (Lipinski definition) is 8. The number of ether oxygens (including phenoxy) is 2. The zero-order chi connectivity index (χ0) is 33.0. The number of fused-ring (bicyclic) bond motifs is 2. The van der Waals surface area contributed by atoms with Crippen LogP contribution in [-0.4, -0.2) is 102 Å². The maximum Gasteiger partial charge on any atom is 0.318 e. The van der Waals surface area contributed by atoms with Gasteiger partial charge in [0.1, 0.15) is 28.8 Å². The van der Waals surface area contributed by atoms with E-state index in [1.165, 1.54) is 38.2 Å². The standard InChI is InChI=1S/C27H25Cl2FN4O4.C7H12FN/c1-3-20(36)34-7-6-33(11-27(34)12-38-13-27)25-17-10-19(29)22(23(30)24(17)31-26(32-25)37-2)16-8-15(35)9-18(28)21(16)14-4-5-14;8-6-4-7-2-1-3-9(7)5-6/h3,8-10,14,35H,1,4-7,11-13H2,2H3;6-7H,1-5H2. The van der Waals surface area contributed by atoms with Crippen molar-refractivity contribution >= 4 is 45.8 Å². The highest BCUT2D eigenvalue weighted by molar-refractivity contribution is 6.35. The number of amides is 1. The maximum atomic E-state index is 16.4. The number of halogens is 4. The summed E-state index contributed by atoms with van der Waals surface area (Å²) in [7, 11) is 1.42. The molecule has 0 bridgehead atoms. The number of aromatic nitrogens is 2. The Hall–Kier alpha value is -3.25. The summed E-state index contributed by atoms with van der Waals surface area (Å²) >= 11 is 13.2. The van der Waals surface area contributed by atoms with E-state index < -0.39 is 17.5 Å². The van der Waals surface area contributed by atoms with Crippen molar-refractivity contribution in [3.8, 4) is 22.9 Å². The summed E-state index contributed by atoms with van der Waals surface area (Å²) in [5.74, 6) is -0.262. The zero-order valence-corrected chi connectivity index (χ0v) is 27.7. The summed E-state index contributed by atoms with van der Waals surface area (Å²) in [5.41, 5.74) is 0.837. The molecule has 1 saturated carbocycles. The van der Waals surface area contributed by atoms with Crippen LogP contribution in [0.15, 0.2) is 30.9 Å². The fourth-order valence-electron chi connectivity index (χ4n) is 7.56. The van der Waals surface area contributed by atoms with Crippen LogP contribution in [0.1, 0.15) is 43.6 Å². The third-order valence-corrected chi connectivity index (χ3v) is 10.6. The Bertz CT molecular complexity index is 1720. The Morgan fingerprint density at radius 2 is 1.94 bits per heavy atom. The van der Waals surface area contributed by atoms with Crippen molar-refractivity contribution in [1.82, 2.24) is 19.8 Å². The van der Waals surface area contributed by atoms with Gasteiger partial charge >= 0.3 is 6.01 Å². The normalized spacial score (nSPS) is 23.3. The molecule has 4 aliphatic heterocycles. The molecule has 0 radical (unpaired) electrons. The van der Waals surface area contributed by atoms with Gasteiger partial charge in [0.2, 0.25) is 5.91 Å². The molecule has 3 aromatic rings. The lowest BCUT2D eigenvalue weighted by atomic mass is 9.91. The van der Waals surface area contributed by atoms with Crippen LogP contribution in [0.5, 0.6) is 11.8 Å². The average Bonchev–Trinajstić information content (AvgIpc) is 3.67. The molecule has 8 rings (SSSR count). The van der Waals surface area contributed by atoms with E-state index in [1.807, 2.05) is 4.90 Å². The molecule has 1 aromatic heterocycles. The number of aromatic hydroxyl groups is 1. The summed E-state index contributed by atoms with van der Waals surface area (Å²) in [6.07, 6.45) is 5.97. The van der Waals surface area contributed by atoms with Gasteiger partial charge in [0.15, 0.2) is 5.82 Å². The van der Waals surface area contributed by atoms with E-state index in [0.717, 1.165) is 31.4 Å². The molecular weight excluding hydrogens is 651 g/mol. The molecule has 5 aliphatic rings. The van der Waals surface area contributed by atoms with E-state index in [1.54, 1.807) is 11.0 Å². The Morgan fingerprint density at radius 1 is 1.15 bits per heavy atom. The molecule has 9 nitrogen and oxygen atoms in total. The molecule has 1 N–H and O–H groups in total. The van der Waals surface area contributed by atoms with Crippen LogP contribution in [0.25, 0.3) is 22.0 Å². The highest BCUT2D eigenvalue weighted by atomic mass is 35.5. The minimum absolute atomic E-state index is 0.000429. The fourth-order valence-corrected chi connectivity index (χ4v) is 8.22. The van der Waals surface area contributed by atoms with Gasteiger partial charge in [-0.3, -0.25) is 9.69 Å². The van der Waals surface area contributed by atoms with Crippen LogP contribution < -0.4 is 9.64 Å². The second-order valence-corrected chi connectivity index (χ2v) is 13.9. The Labute approximate surface area is 282 Å². The fraction of sp³-hybridized carbons (Fsp3) is 0.500. The van der Waals surface area contributed by atoms with E-state index in [-0.39, 0.29) is 39.7 Å². The number of benzene rings is 2. The summed E-state index contributed by atoms with van der Waals surface area (Å²) < 4.78 is 39.8. The lowest BCUT2D eigenvalue weighted by Gasteiger charge is -2.55. The minimum Gasteiger partial charge on any atom is -0.508 e. The molecule has 2 unspecified atom stereocenters. The molecule has 1 spiro atoms. The number of carbonyl (C=O) groups is 1. The molecule has 4 saturated heterocycles. The van der Waals surface area contributed by atoms with Gasteiger partial charge in [0.05, 0.1) is 25.3 Å². The molecule has 2 atom stereocenters. The number of carbonyl (C=O) groups excluding carboxylic acids is 1. The number of phenols is 1. The van der Waals surface area contributed by atoms with Crippen molar-refractivity contribution in [1.29, 1.82) is 0 Å². The van der Waals surface area contributed by atoms with Gasteiger partial charge in [-0.05, 0) is 80.0 Å². The third kappa shape index (κ3) is 5.89. The van der Waals surface area contributed by atoms with Crippen molar-refractivity contribution in [2.75, 3.05) is 57.9 Å². The van der Waals surface area contributed by atoms with Gasteiger partial charge < -0.3 is 24.4 Å². The van der Waals surface area contributed by atoms with Crippen molar-refractivity contribution in [2.45, 2.75) is 55.8 Å². The minimum atomic E-state index is -0.653. The number of nitrogens with zero attached hydrogens (tertiary/aromatic N) is 5. The Balaban J connectivity index is 0.000000334. The van der Waals surface area contributed by atoms with Gasteiger partial charge in [-0.1, -0.05) is 29.8 Å². The lowest BCUT2D eigenvalue weighted by Crippen LogP contribution is -2.72. The van der Waals surface area contributed by atoms with Crippen LogP contribution in [-0.2, 0) is 9.53 Å². The maximum absolute atomic E-state index is 16.4. The number of phenolic OH excluding ortho intramolecular Hbond substituents is 1. The van der Waals surface area contributed by atoms with Crippen molar-refractivity contribution in [3.63, 3.8) is 0 Å². The SMILES string of the molecule is C=CC(=O)N1CCN(c2nc(OC)nc3c(F)c(-c4cc(O)cc(Cl)c4C4CC4)c(Cl)cc23)CC12COC2.FC1CC2CCCN2C1. The topological polar surface area (TPSA) is 91.3 Å². The predicted octanol–water partition coefficient (Wildman–Crippen LogP) is 6.13. The van der Waals surface area contributed by atoms with Crippen molar-refractivity contribution in [3.05, 3.63) is 52.3 Å². The number of rotatable bonds is 5. The second-order valence-electron chi connectivity index (χ2n) is 13.1. The smallest absolute Gasteiger partial charge is 0.318 e. The zero-order valence-electron chi connectivity index (χ0n) is 26.2. The Kier molecular flexibility index (Phi) is 8.69. The van der Waals surface area contributed by atoms with Crippen LogP contribution in [0, 0.1) is 5.82 Å². The van der Waals surface area contributed by atoms with Gasteiger partial charge in [-0.2, -0.15) is 9.97 Å². The number of hydrogen-bond donors (Lipinski definition) is 1. The summed E-state index contributed by atoms with van der Waals surface area (Å²) in [6.45, 7) is 7.53. The van der Waals surface area contributed by atoms with Gasteiger partial charge in [0.25, 0.3) is 0 Å². The van der Waals surface area contributed by atoms with E-state index in [0.29, 0.717) is 67.2 Å². The number of piperazine rings is 1. The first-order valence-corrected chi connectivity index (χ1v) is 16.8. The summed E-state index contributed by atoms with van der Waals surface area (Å²) in [6, 6.07) is 5.21. The van der Waals surface area contributed by atoms with E-state index >= 15 is 4.39 Å². The van der Waals surface area contributed by atoms with Crippen LogP contribution in [0.2, 0.25) is 10.0 Å². The molecule has 13 heteroatoms. The van der Waals surface area contributed by atoms with Gasteiger partial charge in [0, 0.05) is 48.2 Å². The van der Waals surface area contributed by atoms with E-state index in [4.69, 9.17) is 32.7 Å². The largest absolute Gasteiger partial charge is 0.508 e. The molecule has 47 heavy (non-hydrogen) atoms. The van der Waals surface area contributed by atoms with Crippen LogP contribution in [0.4, 0.5) is 14.6 Å². The van der Waals surface area contributed by atoms with Crippen LogP contribution in [0.3, 0.4) is 0 Å². The first kappa shape index (κ1) is 32.3. The quantitative estimate of drug-likeness (QED) is 0.321. The molecule has 1 amide bonds. The monoisotopic (exact) mass is 687 g/mol. The third-order valence-electron chi connectivity index (χ3n) is 9.99. The van der Waals surface area contributed by atoms with Gasteiger partial charge in [-0.25, -0.2) is 8.78 Å². The molecule has 1 aliphatic carbocycles. The molecule has 2 aromatic carbocycles. The summed E-state index contributed by atoms with van der Waals surface area (Å²) in [4.78, 5) is 27.5. The van der Waals surface area contributed by atoms with E-state index in [2.05, 4.69) is 21.4 Å². The molecular formula is C34H37Cl2F2N5O4. The molecule has 5 heterocycles. The highest BCUT2D eigenvalue weighted by Gasteiger charge is 2.50. The van der Waals surface area contributed by atoms with Crippen LogP contribution >= 0.6 is 23.2 Å². The predicted molar refractivity (Wildman–Crippen MR) is 177 cm³/mol. The van der Waals surface area contributed by atoms with E-state index in [9.17, 15) is 14.3 Å². The first-order valence-electron chi connectivity index (χ1n) is 16.0. The average molecular weight is 689 g/mol. The first-order chi connectivity index (χ1) is 22.6. The summed E-state index contributed by atoms with van der Waals surface area (Å²) in [5, 5.41) is 11.2. The highest BCUT2D eigenvalue weighted by Crippen LogP contribution is 2.51. The Morgan fingerprint density at radius 3 is 2.60 bits per heavy atom. The van der Waals surface area contributed by atoms with Crippen molar-refractivity contribution in [2.24, 2.45) is 0 Å². The number of alkyl halides is 1. The number of methoxy groups -OCH3 is 1. The van der Waals surface area contributed by atoms with Crippen molar-refractivity contribution < 1.29 is 28.2 Å². The molecule has 5 fully saturated rings. The number of anilines is 1. The molecule has 250 valence electrons. The lowest BCUT2D eigenvalue weighted by molar-refractivity contribution is -0.164. The van der Waals surface area contributed by atoms with Gasteiger partial charge in [-0.15, -0.1) is 0 Å².